The Bertz CT molecular complexity index is 603. The van der Waals surface area contributed by atoms with Gasteiger partial charge in [-0.05, 0) is 12.5 Å². The first-order chi connectivity index (χ1) is 8.66. The minimum Gasteiger partial charge on any atom is -0.391 e. The number of aryl methyl sites for hydroxylation is 1. The number of fused-ring (bicyclic) bond motifs is 1. The first kappa shape index (κ1) is 11.3. The molecule has 4 nitrogen and oxygen atoms in total. The Morgan fingerprint density at radius 1 is 1.39 bits per heavy atom. The number of amides is 1. The molecule has 4 heteroatoms. The highest BCUT2D eigenvalue weighted by Gasteiger charge is 2.27. The van der Waals surface area contributed by atoms with Gasteiger partial charge in [-0.1, -0.05) is 18.2 Å². The van der Waals surface area contributed by atoms with Gasteiger partial charge in [0.05, 0.1) is 11.7 Å². The third kappa shape index (κ3) is 1.69. The Morgan fingerprint density at radius 2 is 2.17 bits per heavy atom. The molecule has 1 saturated heterocycles. The van der Waals surface area contributed by atoms with Gasteiger partial charge in [0.25, 0.3) is 5.91 Å². The van der Waals surface area contributed by atoms with Crippen molar-refractivity contribution in [2.24, 2.45) is 7.05 Å². The molecule has 1 fully saturated rings. The summed E-state index contributed by atoms with van der Waals surface area (Å²) >= 11 is 0. The van der Waals surface area contributed by atoms with E-state index < -0.39 is 0 Å². The third-order valence-corrected chi connectivity index (χ3v) is 3.58. The SMILES string of the molecule is Cn1cc(C(=O)N2CC[C@H](O)C2)c2ccccc21. The van der Waals surface area contributed by atoms with Crippen molar-refractivity contribution in [3.63, 3.8) is 0 Å². The number of β-amino-alcohol motifs (C(OH)–C–C–N with tert-alkyl or cyclic N) is 1. The number of likely N-dealkylation sites (tertiary alicyclic amines) is 1. The molecule has 1 aliphatic heterocycles. The minimum absolute atomic E-state index is 0.0170. The fraction of sp³-hybridized carbons (Fsp3) is 0.357. The zero-order valence-corrected chi connectivity index (χ0v) is 10.3. The number of benzene rings is 1. The van der Waals surface area contributed by atoms with Gasteiger partial charge < -0.3 is 14.6 Å². The van der Waals surface area contributed by atoms with Crippen LogP contribution in [-0.4, -0.2) is 39.7 Å². The molecule has 1 amide bonds. The highest BCUT2D eigenvalue weighted by Crippen LogP contribution is 2.23. The molecule has 0 bridgehead atoms. The lowest BCUT2D eigenvalue weighted by atomic mass is 10.1. The van der Waals surface area contributed by atoms with Crippen LogP contribution >= 0.6 is 0 Å². The molecule has 1 atom stereocenters. The fourth-order valence-corrected chi connectivity index (χ4v) is 2.61. The Balaban J connectivity index is 2.02. The summed E-state index contributed by atoms with van der Waals surface area (Å²) in [6.45, 7) is 1.09. The van der Waals surface area contributed by atoms with Gasteiger partial charge in [-0.2, -0.15) is 0 Å². The van der Waals surface area contributed by atoms with Gasteiger partial charge in [0.1, 0.15) is 0 Å². The molecular formula is C14H16N2O2. The van der Waals surface area contributed by atoms with Crippen LogP contribution in [0.15, 0.2) is 30.5 Å². The van der Waals surface area contributed by atoms with Crippen LogP contribution in [0, 0.1) is 0 Å². The van der Waals surface area contributed by atoms with Crippen LogP contribution in [0.1, 0.15) is 16.8 Å². The molecule has 0 aliphatic carbocycles. The van der Waals surface area contributed by atoms with E-state index >= 15 is 0 Å². The number of hydrogen-bond acceptors (Lipinski definition) is 2. The lowest BCUT2D eigenvalue weighted by Crippen LogP contribution is -2.29. The largest absolute Gasteiger partial charge is 0.391 e. The van der Waals surface area contributed by atoms with Gasteiger partial charge >= 0.3 is 0 Å². The number of carbonyl (C=O) groups excluding carboxylic acids is 1. The topological polar surface area (TPSA) is 45.5 Å². The maximum Gasteiger partial charge on any atom is 0.256 e. The molecule has 2 aromatic rings. The highest BCUT2D eigenvalue weighted by molar-refractivity contribution is 6.07. The molecular weight excluding hydrogens is 228 g/mol. The van der Waals surface area contributed by atoms with Crippen molar-refractivity contribution in [3.05, 3.63) is 36.0 Å². The number of aromatic nitrogens is 1. The van der Waals surface area contributed by atoms with Gasteiger partial charge in [-0.25, -0.2) is 0 Å². The number of nitrogens with zero attached hydrogens (tertiary/aromatic N) is 2. The highest BCUT2D eigenvalue weighted by atomic mass is 16.3. The first-order valence-electron chi connectivity index (χ1n) is 6.18. The minimum atomic E-state index is -0.371. The summed E-state index contributed by atoms with van der Waals surface area (Å²) in [5.74, 6) is 0.0170. The normalized spacial score (nSPS) is 19.7. The monoisotopic (exact) mass is 244 g/mol. The maximum atomic E-state index is 12.4. The van der Waals surface area contributed by atoms with Crippen LogP contribution in [0.25, 0.3) is 10.9 Å². The van der Waals surface area contributed by atoms with Crippen LogP contribution in [0.4, 0.5) is 0 Å². The van der Waals surface area contributed by atoms with Crippen LogP contribution in [0.5, 0.6) is 0 Å². The Hall–Kier alpha value is -1.81. The number of aliphatic hydroxyl groups excluding tert-OH is 1. The second-order valence-electron chi connectivity index (χ2n) is 4.86. The van der Waals surface area contributed by atoms with E-state index in [1.807, 2.05) is 42.1 Å². The number of hydrogen-bond donors (Lipinski definition) is 1. The lowest BCUT2D eigenvalue weighted by molar-refractivity contribution is 0.0766. The second-order valence-corrected chi connectivity index (χ2v) is 4.86. The van der Waals surface area contributed by atoms with Crippen LogP contribution in [-0.2, 0) is 7.05 Å². The van der Waals surface area contributed by atoms with Crippen molar-refractivity contribution in [2.75, 3.05) is 13.1 Å². The summed E-state index contributed by atoms with van der Waals surface area (Å²) in [7, 11) is 1.94. The van der Waals surface area contributed by atoms with Crippen molar-refractivity contribution >= 4 is 16.8 Å². The van der Waals surface area contributed by atoms with Gasteiger partial charge in [-0.15, -0.1) is 0 Å². The smallest absolute Gasteiger partial charge is 0.256 e. The number of para-hydroxylation sites is 1. The Labute approximate surface area is 105 Å². The average Bonchev–Trinajstić information content (AvgIpc) is 2.94. The molecule has 0 unspecified atom stereocenters. The van der Waals surface area contributed by atoms with E-state index in [0.29, 0.717) is 19.5 Å². The molecule has 1 aromatic carbocycles. The molecule has 1 N–H and O–H groups in total. The predicted octanol–water partition coefficient (Wildman–Crippen LogP) is 1.39. The van der Waals surface area contributed by atoms with E-state index in [1.165, 1.54) is 0 Å². The van der Waals surface area contributed by atoms with Crippen LogP contribution in [0.2, 0.25) is 0 Å². The molecule has 1 aromatic heterocycles. The first-order valence-corrected chi connectivity index (χ1v) is 6.18. The zero-order chi connectivity index (χ0) is 12.7. The standard InChI is InChI=1S/C14H16N2O2/c1-15-9-12(11-4-2-3-5-13(11)15)14(18)16-7-6-10(17)8-16/h2-5,9-10,17H,6-8H2,1H3/t10-/m0/s1. The van der Waals surface area contributed by atoms with Crippen molar-refractivity contribution < 1.29 is 9.90 Å². The molecule has 2 heterocycles. The maximum absolute atomic E-state index is 12.4. The second kappa shape index (κ2) is 4.14. The number of rotatable bonds is 1. The molecule has 1 aliphatic rings. The molecule has 0 spiro atoms. The van der Waals surface area contributed by atoms with Crippen molar-refractivity contribution in [2.45, 2.75) is 12.5 Å². The Kier molecular flexibility index (Phi) is 2.59. The fourth-order valence-electron chi connectivity index (χ4n) is 2.61. The van der Waals surface area contributed by atoms with E-state index in [4.69, 9.17) is 0 Å². The summed E-state index contributed by atoms with van der Waals surface area (Å²) < 4.78 is 1.97. The third-order valence-electron chi connectivity index (χ3n) is 3.58. The van der Waals surface area contributed by atoms with Gasteiger partial charge in [0, 0.05) is 37.2 Å². The van der Waals surface area contributed by atoms with Crippen LogP contribution in [0.3, 0.4) is 0 Å². The zero-order valence-electron chi connectivity index (χ0n) is 10.3. The molecule has 18 heavy (non-hydrogen) atoms. The van der Waals surface area contributed by atoms with Crippen molar-refractivity contribution in [1.82, 2.24) is 9.47 Å². The summed E-state index contributed by atoms with van der Waals surface area (Å²) in [6, 6.07) is 7.88. The summed E-state index contributed by atoms with van der Waals surface area (Å²) in [5.41, 5.74) is 1.78. The summed E-state index contributed by atoms with van der Waals surface area (Å²) in [6.07, 6.45) is 2.18. The molecule has 94 valence electrons. The average molecular weight is 244 g/mol. The van der Waals surface area contributed by atoms with Gasteiger partial charge in [-0.3, -0.25) is 4.79 Å². The van der Waals surface area contributed by atoms with E-state index in [0.717, 1.165) is 16.5 Å². The van der Waals surface area contributed by atoms with Crippen molar-refractivity contribution in [3.8, 4) is 0 Å². The lowest BCUT2D eigenvalue weighted by Gasteiger charge is -2.14. The summed E-state index contributed by atoms with van der Waals surface area (Å²) in [4.78, 5) is 14.1. The molecule has 0 radical (unpaired) electrons. The number of aliphatic hydroxyl groups is 1. The van der Waals surface area contributed by atoms with E-state index in [9.17, 15) is 9.90 Å². The predicted molar refractivity (Wildman–Crippen MR) is 69.4 cm³/mol. The Morgan fingerprint density at radius 3 is 2.89 bits per heavy atom. The summed E-state index contributed by atoms with van der Waals surface area (Å²) in [5, 5.41) is 10.5. The van der Waals surface area contributed by atoms with Crippen LogP contribution < -0.4 is 0 Å². The van der Waals surface area contributed by atoms with Gasteiger partial charge in [0.15, 0.2) is 0 Å². The van der Waals surface area contributed by atoms with Gasteiger partial charge in [0.2, 0.25) is 0 Å². The van der Waals surface area contributed by atoms with E-state index in [1.54, 1.807) is 4.90 Å². The van der Waals surface area contributed by atoms with E-state index in [-0.39, 0.29) is 12.0 Å². The molecule has 3 rings (SSSR count). The quantitative estimate of drug-likeness (QED) is 0.824. The van der Waals surface area contributed by atoms with E-state index in [2.05, 4.69) is 0 Å². The molecule has 0 saturated carbocycles. The number of carbonyl (C=O) groups is 1. The van der Waals surface area contributed by atoms with Crippen molar-refractivity contribution in [1.29, 1.82) is 0 Å².